The smallest absolute Gasteiger partial charge is 0.322 e. The van der Waals surface area contributed by atoms with Crippen LogP contribution in [-0.4, -0.2) is 19.1 Å². The summed E-state index contributed by atoms with van der Waals surface area (Å²) in [4.78, 5) is 12.7. The van der Waals surface area contributed by atoms with Gasteiger partial charge in [-0.1, -0.05) is 11.6 Å². The molecule has 0 fully saturated rings. The van der Waals surface area contributed by atoms with Crippen LogP contribution in [0.4, 0.5) is 0 Å². The van der Waals surface area contributed by atoms with E-state index in [1.165, 1.54) is 17.6 Å². The summed E-state index contributed by atoms with van der Waals surface area (Å²) in [5, 5.41) is 3.31. The highest BCUT2D eigenvalue weighted by atomic mass is 35.5. The van der Waals surface area contributed by atoms with Crippen LogP contribution in [0.5, 0.6) is 0 Å². The molecule has 5 heteroatoms. The number of hydrogen-bond acceptors (Lipinski definition) is 4. The molecule has 94 valence electrons. The van der Waals surface area contributed by atoms with Gasteiger partial charge in [-0.3, -0.25) is 10.1 Å². The van der Waals surface area contributed by atoms with Crippen LogP contribution in [0.1, 0.15) is 36.2 Å². The molecule has 0 saturated heterocycles. The molecule has 1 heterocycles. The predicted molar refractivity (Wildman–Crippen MR) is 69.6 cm³/mol. The van der Waals surface area contributed by atoms with Crippen molar-refractivity contribution in [2.75, 3.05) is 7.11 Å². The van der Waals surface area contributed by atoms with E-state index in [0.29, 0.717) is 0 Å². The Hall–Kier alpha value is -0.580. The molecule has 0 saturated carbocycles. The van der Waals surface area contributed by atoms with Gasteiger partial charge in [0.1, 0.15) is 6.04 Å². The summed E-state index contributed by atoms with van der Waals surface area (Å²) >= 11 is 7.69. The van der Waals surface area contributed by atoms with Crippen LogP contribution in [0.15, 0.2) is 6.07 Å². The summed E-state index contributed by atoms with van der Waals surface area (Å²) in [6, 6.07) is 1.95. The number of fused-ring (bicyclic) bond motifs is 1. The lowest BCUT2D eigenvalue weighted by molar-refractivity contribution is -0.142. The van der Waals surface area contributed by atoms with Crippen molar-refractivity contribution < 1.29 is 9.53 Å². The van der Waals surface area contributed by atoms with E-state index in [1.54, 1.807) is 11.3 Å². The quantitative estimate of drug-likeness (QED) is 0.861. The minimum Gasteiger partial charge on any atom is -0.468 e. The molecule has 1 N–H and O–H groups in total. The van der Waals surface area contributed by atoms with E-state index in [4.69, 9.17) is 16.3 Å². The Morgan fingerprint density at radius 2 is 2.47 bits per heavy atom. The molecule has 0 spiro atoms. The van der Waals surface area contributed by atoms with E-state index in [9.17, 15) is 4.79 Å². The SMILES string of the molecule is COC(=O)C(C)NC1CCCc2sc(Cl)cc21. The van der Waals surface area contributed by atoms with Gasteiger partial charge in [-0.2, -0.15) is 0 Å². The Kier molecular flexibility index (Phi) is 4.07. The molecule has 0 aromatic carbocycles. The first-order chi connectivity index (χ1) is 8.11. The predicted octanol–water partition coefficient (Wildman–Crippen LogP) is 2.93. The second-order valence-corrected chi connectivity index (χ2v) is 6.05. The van der Waals surface area contributed by atoms with Gasteiger partial charge >= 0.3 is 5.97 Å². The lowest BCUT2D eigenvalue weighted by atomic mass is 9.93. The summed E-state index contributed by atoms with van der Waals surface area (Å²) in [7, 11) is 1.41. The van der Waals surface area contributed by atoms with Crippen LogP contribution in [0, 0.1) is 0 Å². The third-order valence-electron chi connectivity index (χ3n) is 3.09. The Bertz CT molecular complexity index is 419. The fraction of sp³-hybridized carbons (Fsp3) is 0.583. The Labute approximate surface area is 110 Å². The highest BCUT2D eigenvalue weighted by molar-refractivity contribution is 7.16. The number of methoxy groups -OCH3 is 1. The number of rotatable bonds is 3. The third kappa shape index (κ3) is 2.81. The molecule has 2 atom stereocenters. The van der Waals surface area contributed by atoms with Crippen molar-refractivity contribution in [3.05, 3.63) is 20.8 Å². The van der Waals surface area contributed by atoms with Gasteiger partial charge in [-0.05, 0) is 37.8 Å². The van der Waals surface area contributed by atoms with Gasteiger partial charge in [0.2, 0.25) is 0 Å². The molecule has 2 rings (SSSR count). The van der Waals surface area contributed by atoms with Crippen molar-refractivity contribution >= 4 is 28.9 Å². The molecule has 17 heavy (non-hydrogen) atoms. The van der Waals surface area contributed by atoms with Crippen LogP contribution >= 0.6 is 22.9 Å². The monoisotopic (exact) mass is 273 g/mol. The first-order valence-corrected chi connectivity index (χ1v) is 6.93. The minimum atomic E-state index is -0.283. The van der Waals surface area contributed by atoms with Gasteiger partial charge in [0, 0.05) is 10.9 Å². The first-order valence-electron chi connectivity index (χ1n) is 5.73. The number of thiophene rings is 1. The maximum absolute atomic E-state index is 11.4. The number of hydrogen-bond donors (Lipinski definition) is 1. The van der Waals surface area contributed by atoms with Gasteiger partial charge in [0.25, 0.3) is 0 Å². The van der Waals surface area contributed by atoms with Crippen molar-refractivity contribution in [1.29, 1.82) is 0 Å². The van der Waals surface area contributed by atoms with E-state index in [0.717, 1.165) is 23.6 Å². The number of carbonyl (C=O) groups excluding carboxylic acids is 1. The summed E-state index contributed by atoms with van der Waals surface area (Å²) in [6.45, 7) is 1.83. The van der Waals surface area contributed by atoms with Gasteiger partial charge in [-0.15, -0.1) is 11.3 Å². The molecular formula is C12H16ClNO2S. The standard InChI is InChI=1S/C12H16ClNO2S/c1-7(12(15)16-2)14-9-4-3-5-10-8(9)6-11(13)17-10/h6-7,9,14H,3-5H2,1-2H3. The lowest BCUT2D eigenvalue weighted by Gasteiger charge is -2.26. The molecule has 1 aromatic heterocycles. The molecule has 0 aliphatic heterocycles. The van der Waals surface area contributed by atoms with Crippen molar-refractivity contribution in [3.63, 3.8) is 0 Å². The van der Waals surface area contributed by atoms with Crippen LogP contribution in [0.25, 0.3) is 0 Å². The fourth-order valence-corrected chi connectivity index (χ4v) is 3.62. The molecule has 3 nitrogen and oxygen atoms in total. The number of nitrogens with one attached hydrogen (secondary N) is 1. The molecule has 0 amide bonds. The van der Waals surface area contributed by atoms with Gasteiger partial charge in [-0.25, -0.2) is 0 Å². The highest BCUT2D eigenvalue weighted by Gasteiger charge is 2.25. The summed E-state index contributed by atoms with van der Waals surface area (Å²) in [5.74, 6) is -0.224. The third-order valence-corrected chi connectivity index (χ3v) is 4.43. The van der Waals surface area contributed by atoms with Crippen molar-refractivity contribution in [1.82, 2.24) is 5.32 Å². The topological polar surface area (TPSA) is 38.3 Å². The average Bonchev–Trinajstić information content (AvgIpc) is 2.69. The van der Waals surface area contributed by atoms with Gasteiger partial charge in [0.15, 0.2) is 0 Å². The molecule has 2 unspecified atom stereocenters. The van der Waals surface area contributed by atoms with Gasteiger partial charge in [0.05, 0.1) is 11.4 Å². The van der Waals surface area contributed by atoms with E-state index < -0.39 is 0 Å². The summed E-state index contributed by atoms with van der Waals surface area (Å²) in [6.07, 6.45) is 3.27. The van der Waals surface area contributed by atoms with Crippen LogP contribution in [0.2, 0.25) is 4.34 Å². The van der Waals surface area contributed by atoms with E-state index in [-0.39, 0.29) is 18.1 Å². The van der Waals surface area contributed by atoms with Crippen molar-refractivity contribution in [2.45, 2.75) is 38.3 Å². The van der Waals surface area contributed by atoms with E-state index in [2.05, 4.69) is 5.32 Å². The van der Waals surface area contributed by atoms with Crippen molar-refractivity contribution in [3.8, 4) is 0 Å². The summed E-state index contributed by atoms with van der Waals surface area (Å²) in [5.41, 5.74) is 1.25. The minimum absolute atomic E-state index is 0.219. The fourth-order valence-electron chi connectivity index (χ4n) is 2.24. The van der Waals surface area contributed by atoms with Crippen LogP contribution < -0.4 is 5.32 Å². The molecule has 1 aliphatic rings. The largest absolute Gasteiger partial charge is 0.468 e. The zero-order valence-electron chi connectivity index (χ0n) is 9.96. The van der Waals surface area contributed by atoms with E-state index >= 15 is 0 Å². The normalized spacial score (nSPS) is 20.8. The molecule has 0 bridgehead atoms. The van der Waals surface area contributed by atoms with Crippen LogP contribution in [0.3, 0.4) is 0 Å². The lowest BCUT2D eigenvalue weighted by Crippen LogP contribution is -2.38. The Morgan fingerprint density at radius 1 is 1.71 bits per heavy atom. The van der Waals surface area contributed by atoms with E-state index in [1.807, 2.05) is 13.0 Å². The molecule has 1 aliphatic carbocycles. The summed E-state index contributed by atoms with van der Waals surface area (Å²) < 4.78 is 5.55. The second-order valence-electron chi connectivity index (χ2n) is 4.29. The first kappa shape index (κ1) is 12.9. The Morgan fingerprint density at radius 3 is 3.18 bits per heavy atom. The van der Waals surface area contributed by atoms with Gasteiger partial charge < -0.3 is 4.74 Å². The number of aryl methyl sites for hydroxylation is 1. The number of carbonyl (C=O) groups is 1. The maximum atomic E-state index is 11.4. The molecular weight excluding hydrogens is 258 g/mol. The molecule has 1 aromatic rings. The highest BCUT2D eigenvalue weighted by Crippen LogP contribution is 2.37. The number of ether oxygens (including phenoxy) is 1. The maximum Gasteiger partial charge on any atom is 0.322 e. The Balaban J connectivity index is 2.10. The van der Waals surface area contributed by atoms with Crippen LogP contribution in [-0.2, 0) is 16.0 Å². The zero-order chi connectivity index (χ0) is 12.4. The molecule has 0 radical (unpaired) electrons. The average molecular weight is 274 g/mol. The number of esters is 1. The zero-order valence-corrected chi connectivity index (χ0v) is 11.5. The van der Waals surface area contributed by atoms with Crippen molar-refractivity contribution in [2.24, 2.45) is 0 Å². The second kappa shape index (κ2) is 5.38. The number of halogens is 1.